The van der Waals surface area contributed by atoms with E-state index in [4.69, 9.17) is 4.42 Å². The van der Waals surface area contributed by atoms with Gasteiger partial charge in [0, 0.05) is 6.54 Å². The second-order valence-corrected chi connectivity index (χ2v) is 4.35. The Morgan fingerprint density at radius 3 is 2.85 bits per heavy atom. The number of rotatable bonds is 7. The summed E-state index contributed by atoms with van der Waals surface area (Å²) in [5.74, 6) is 1.23. The van der Waals surface area contributed by atoms with Crippen LogP contribution >= 0.6 is 0 Å². The molecule has 2 aromatic heterocycles. The predicted molar refractivity (Wildman–Crippen MR) is 75.3 cm³/mol. The van der Waals surface area contributed by atoms with E-state index in [1.165, 1.54) is 0 Å². The third kappa shape index (κ3) is 4.08. The van der Waals surface area contributed by atoms with Gasteiger partial charge in [-0.05, 0) is 30.7 Å². The Bertz CT molecular complexity index is 523. The van der Waals surface area contributed by atoms with Gasteiger partial charge in [0.1, 0.15) is 11.6 Å². The van der Waals surface area contributed by atoms with Crippen molar-refractivity contribution >= 4 is 11.7 Å². The van der Waals surface area contributed by atoms with Crippen LogP contribution in [-0.2, 0) is 6.54 Å². The molecule has 0 aliphatic heterocycles. The normalized spacial score (nSPS) is 10.2. The van der Waals surface area contributed by atoms with E-state index >= 15 is 0 Å². The van der Waals surface area contributed by atoms with Crippen LogP contribution in [0.15, 0.2) is 34.9 Å². The SMILES string of the molecule is CCCCNC(=O)c1ccc(NCc2ccco2)nn1. The van der Waals surface area contributed by atoms with Gasteiger partial charge in [-0.1, -0.05) is 13.3 Å². The lowest BCUT2D eigenvalue weighted by Crippen LogP contribution is -2.25. The van der Waals surface area contributed by atoms with Crippen LogP contribution in [0.2, 0.25) is 0 Å². The van der Waals surface area contributed by atoms with E-state index in [1.807, 2.05) is 12.1 Å². The summed E-state index contributed by atoms with van der Waals surface area (Å²) in [5, 5.41) is 13.7. The number of carbonyl (C=O) groups is 1. The maximum absolute atomic E-state index is 11.7. The van der Waals surface area contributed by atoms with E-state index < -0.39 is 0 Å². The highest BCUT2D eigenvalue weighted by Gasteiger charge is 2.07. The number of aromatic nitrogens is 2. The van der Waals surface area contributed by atoms with Crippen molar-refractivity contribution in [2.75, 3.05) is 11.9 Å². The Balaban J connectivity index is 1.84. The third-order valence-electron chi connectivity index (χ3n) is 2.74. The maximum Gasteiger partial charge on any atom is 0.271 e. The van der Waals surface area contributed by atoms with Gasteiger partial charge in [0.2, 0.25) is 0 Å². The highest BCUT2D eigenvalue weighted by Crippen LogP contribution is 2.06. The fourth-order valence-corrected chi connectivity index (χ4v) is 1.61. The number of furan rings is 1. The van der Waals surface area contributed by atoms with Crippen molar-refractivity contribution in [3.05, 3.63) is 42.0 Å². The van der Waals surface area contributed by atoms with E-state index in [1.54, 1.807) is 18.4 Å². The van der Waals surface area contributed by atoms with E-state index in [0.29, 0.717) is 24.6 Å². The lowest BCUT2D eigenvalue weighted by Gasteiger charge is -2.05. The van der Waals surface area contributed by atoms with Crippen LogP contribution in [0.1, 0.15) is 36.0 Å². The molecule has 0 radical (unpaired) electrons. The number of carbonyl (C=O) groups excluding carboxylic acids is 1. The van der Waals surface area contributed by atoms with Gasteiger partial charge in [0.05, 0.1) is 12.8 Å². The minimum absolute atomic E-state index is 0.191. The van der Waals surface area contributed by atoms with Crippen molar-refractivity contribution in [1.29, 1.82) is 0 Å². The van der Waals surface area contributed by atoms with Gasteiger partial charge < -0.3 is 15.1 Å². The quantitative estimate of drug-likeness (QED) is 0.757. The molecule has 20 heavy (non-hydrogen) atoms. The minimum atomic E-state index is -0.191. The number of nitrogens with zero attached hydrogens (tertiary/aromatic N) is 2. The van der Waals surface area contributed by atoms with Gasteiger partial charge in [-0.3, -0.25) is 4.79 Å². The first-order valence-electron chi connectivity index (χ1n) is 6.67. The molecule has 0 spiro atoms. The van der Waals surface area contributed by atoms with E-state index in [9.17, 15) is 4.79 Å². The molecule has 6 nitrogen and oxygen atoms in total. The third-order valence-corrected chi connectivity index (χ3v) is 2.74. The van der Waals surface area contributed by atoms with Crippen molar-refractivity contribution in [1.82, 2.24) is 15.5 Å². The largest absolute Gasteiger partial charge is 0.467 e. The van der Waals surface area contributed by atoms with Crippen molar-refractivity contribution in [2.24, 2.45) is 0 Å². The summed E-state index contributed by atoms with van der Waals surface area (Å²) in [7, 11) is 0. The first-order valence-corrected chi connectivity index (χ1v) is 6.67. The molecule has 2 aromatic rings. The lowest BCUT2D eigenvalue weighted by molar-refractivity contribution is 0.0947. The molecule has 0 aliphatic carbocycles. The zero-order valence-corrected chi connectivity index (χ0v) is 11.4. The highest BCUT2D eigenvalue weighted by atomic mass is 16.3. The van der Waals surface area contributed by atoms with Gasteiger partial charge in [0.25, 0.3) is 5.91 Å². The molecule has 0 saturated heterocycles. The molecule has 0 aliphatic rings. The number of hydrogen-bond acceptors (Lipinski definition) is 5. The van der Waals surface area contributed by atoms with Gasteiger partial charge in [-0.2, -0.15) is 0 Å². The minimum Gasteiger partial charge on any atom is -0.467 e. The summed E-state index contributed by atoms with van der Waals surface area (Å²) in [6.07, 6.45) is 3.62. The van der Waals surface area contributed by atoms with Gasteiger partial charge in [-0.25, -0.2) is 0 Å². The summed E-state index contributed by atoms with van der Waals surface area (Å²) in [5.41, 5.74) is 0.324. The van der Waals surface area contributed by atoms with Crippen LogP contribution < -0.4 is 10.6 Å². The highest BCUT2D eigenvalue weighted by molar-refractivity contribution is 5.92. The Morgan fingerprint density at radius 1 is 1.30 bits per heavy atom. The Morgan fingerprint density at radius 2 is 2.20 bits per heavy atom. The average molecular weight is 274 g/mol. The standard InChI is InChI=1S/C14H18N4O2/c1-2-3-8-15-14(19)12-6-7-13(18-17-12)16-10-11-5-4-9-20-11/h4-7,9H,2-3,8,10H2,1H3,(H,15,19)(H,16,18). The number of anilines is 1. The van der Waals surface area contributed by atoms with Crippen LogP contribution in [0, 0.1) is 0 Å². The lowest BCUT2D eigenvalue weighted by atomic mass is 10.3. The summed E-state index contributed by atoms with van der Waals surface area (Å²) in [6.45, 7) is 3.27. The van der Waals surface area contributed by atoms with Gasteiger partial charge >= 0.3 is 0 Å². The number of unbranched alkanes of at least 4 members (excludes halogenated alkanes) is 1. The van der Waals surface area contributed by atoms with Crippen molar-refractivity contribution < 1.29 is 9.21 Å². The van der Waals surface area contributed by atoms with Crippen molar-refractivity contribution in [3.63, 3.8) is 0 Å². The van der Waals surface area contributed by atoms with Crippen LogP contribution in [-0.4, -0.2) is 22.6 Å². The monoisotopic (exact) mass is 274 g/mol. The Hall–Kier alpha value is -2.37. The summed E-state index contributed by atoms with van der Waals surface area (Å²) in [6, 6.07) is 7.08. The fraction of sp³-hybridized carbons (Fsp3) is 0.357. The van der Waals surface area contributed by atoms with E-state index in [-0.39, 0.29) is 5.91 Å². The number of hydrogen-bond donors (Lipinski definition) is 2. The molecular formula is C14H18N4O2. The van der Waals surface area contributed by atoms with Crippen LogP contribution in [0.4, 0.5) is 5.82 Å². The molecule has 1 amide bonds. The van der Waals surface area contributed by atoms with Crippen LogP contribution in [0.5, 0.6) is 0 Å². The Kier molecular flexibility index (Phi) is 5.11. The number of nitrogens with one attached hydrogen (secondary N) is 2. The summed E-state index contributed by atoms with van der Waals surface area (Å²) >= 11 is 0. The molecule has 0 unspecified atom stereocenters. The summed E-state index contributed by atoms with van der Waals surface area (Å²) in [4.78, 5) is 11.7. The van der Waals surface area contributed by atoms with Gasteiger partial charge in [0.15, 0.2) is 5.69 Å². The second-order valence-electron chi connectivity index (χ2n) is 4.35. The average Bonchev–Trinajstić information content (AvgIpc) is 2.99. The molecule has 6 heteroatoms. The van der Waals surface area contributed by atoms with Crippen LogP contribution in [0.3, 0.4) is 0 Å². The molecule has 106 valence electrons. The molecule has 0 aromatic carbocycles. The van der Waals surface area contributed by atoms with Crippen LogP contribution in [0.25, 0.3) is 0 Å². The second kappa shape index (κ2) is 7.28. The topological polar surface area (TPSA) is 80.0 Å². The molecule has 2 heterocycles. The molecule has 2 rings (SSSR count). The number of amides is 1. The van der Waals surface area contributed by atoms with E-state index in [2.05, 4.69) is 27.8 Å². The smallest absolute Gasteiger partial charge is 0.271 e. The van der Waals surface area contributed by atoms with Crippen molar-refractivity contribution in [2.45, 2.75) is 26.3 Å². The molecular weight excluding hydrogens is 256 g/mol. The first-order chi connectivity index (χ1) is 9.79. The zero-order valence-electron chi connectivity index (χ0n) is 11.4. The molecule has 0 bridgehead atoms. The summed E-state index contributed by atoms with van der Waals surface area (Å²) < 4.78 is 5.20. The van der Waals surface area contributed by atoms with E-state index in [0.717, 1.165) is 18.6 Å². The fourth-order valence-electron chi connectivity index (χ4n) is 1.61. The first kappa shape index (κ1) is 14.0. The maximum atomic E-state index is 11.7. The predicted octanol–water partition coefficient (Wildman–Crippen LogP) is 2.21. The van der Waals surface area contributed by atoms with Gasteiger partial charge in [-0.15, -0.1) is 10.2 Å². The molecule has 0 fully saturated rings. The molecule has 0 saturated carbocycles. The molecule has 2 N–H and O–H groups in total. The zero-order chi connectivity index (χ0) is 14.2. The Labute approximate surface area is 117 Å². The molecule has 0 atom stereocenters. The van der Waals surface area contributed by atoms with Crippen molar-refractivity contribution in [3.8, 4) is 0 Å².